The van der Waals surface area contributed by atoms with E-state index in [9.17, 15) is 0 Å². The van der Waals surface area contributed by atoms with Crippen LogP contribution in [0.4, 0.5) is 0 Å². The summed E-state index contributed by atoms with van der Waals surface area (Å²) >= 11 is 2.05. The van der Waals surface area contributed by atoms with Crippen LogP contribution in [0.1, 0.15) is 13.8 Å². The Hall–Kier alpha value is 0.270. The second kappa shape index (κ2) is 4.33. The lowest BCUT2D eigenvalue weighted by atomic mass is 10.2. The van der Waals surface area contributed by atoms with Crippen LogP contribution in [0, 0.1) is 0 Å². The fourth-order valence-corrected chi connectivity index (χ4v) is 2.48. The van der Waals surface area contributed by atoms with Gasteiger partial charge in [-0.3, -0.25) is 4.90 Å². The van der Waals surface area contributed by atoms with E-state index in [1.165, 1.54) is 18.1 Å². The zero-order valence-corrected chi connectivity index (χ0v) is 8.23. The van der Waals surface area contributed by atoms with Crippen LogP contribution in [-0.2, 0) is 0 Å². The normalized spacial score (nSPS) is 30.3. The van der Waals surface area contributed by atoms with Gasteiger partial charge in [-0.1, -0.05) is 0 Å². The standard InChI is InChI=1S/C8H18N2S/c1-7(9)5-10-3-4-11-6-8(10)2/h7-8H,3-6,9H2,1-2H3. The summed E-state index contributed by atoms with van der Waals surface area (Å²) in [7, 11) is 0. The van der Waals surface area contributed by atoms with Crippen molar-refractivity contribution in [1.82, 2.24) is 4.90 Å². The Morgan fingerprint density at radius 1 is 1.73 bits per heavy atom. The van der Waals surface area contributed by atoms with Crippen LogP contribution in [0.15, 0.2) is 0 Å². The highest BCUT2D eigenvalue weighted by atomic mass is 32.2. The molecule has 0 aliphatic carbocycles. The number of hydrogen-bond acceptors (Lipinski definition) is 3. The molecule has 0 amide bonds. The van der Waals surface area contributed by atoms with Gasteiger partial charge in [0.15, 0.2) is 0 Å². The van der Waals surface area contributed by atoms with Crippen molar-refractivity contribution in [1.29, 1.82) is 0 Å². The van der Waals surface area contributed by atoms with Gasteiger partial charge in [-0.15, -0.1) is 0 Å². The third-order valence-electron chi connectivity index (χ3n) is 2.03. The van der Waals surface area contributed by atoms with Crippen LogP contribution in [0.5, 0.6) is 0 Å². The Morgan fingerprint density at radius 3 is 3.00 bits per heavy atom. The summed E-state index contributed by atoms with van der Waals surface area (Å²) in [4.78, 5) is 2.49. The molecular formula is C8H18N2S. The molecule has 1 aliphatic rings. The number of nitrogens with two attached hydrogens (primary N) is 1. The summed E-state index contributed by atoms with van der Waals surface area (Å²) in [5, 5.41) is 0. The lowest BCUT2D eigenvalue weighted by molar-refractivity contribution is 0.222. The maximum Gasteiger partial charge on any atom is 0.0159 e. The SMILES string of the molecule is CC(N)CN1CCSCC1C. The average molecular weight is 174 g/mol. The minimum absolute atomic E-state index is 0.320. The molecule has 0 aromatic carbocycles. The highest BCUT2D eigenvalue weighted by Crippen LogP contribution is 2.15. The van der Waals surface area contributed by atoms with Gasteiger partial charge in [0.1, 0.15) is 0 Å². The Kier molecular flexibility index (Phi) is 3.69. The highest BCUT2D eigenvalue weighted by Gasteiger charge is 2.18. The second-order valence-electron chi connectivity index (χ2n) is 3.40. The van der Waals surface area contributed by atoms with Crippen molar-refractivity contribution in [2.24, 2.45) is 5.73 Å². The van der Waals surface area contributed by atoms with Gasteiger partial charge in [-0.05, 0) is 13.8 Å². The molecule has 1 saturated heterocycles. The van der Waals surface area contributed by atoms with Crippen molar-refractivity contribution < 1.29 is 0 Å². The molecule has 11 heavy (non-hydrogen) atoms. The summed E-state index contributed by atoms with van der Waals surface area (Å²) in [5.74, 6) is 2.55. The van der Waals surface area contributed by atoms with Crippen LogP contribution >= 0.6 is 11.8 Å². The zero-order valence-electron chi connectivity index (χ0n) is 7.42. The van der Waals surface area contributed by atoms with Crippen LogP contribution in [0.25, 0.3) is 0 Å². The van der Waals surface area contributed by atoms with Gasteiger partial charge in [0.2, 0.25) is 0 Å². The molecule has 0 saturated carbocycles. The topological polar surface area (TPSA) is 29.3 Å². The van der Waals surface area contributed by atoms with Crippen molar-refractivity contribution >= 4 is 11.8 Å². The van der Waals surface area contributed by atoms with Gasteiger partial charge in [-0.25, -0.2) is 0 Å². The van der Waals surface area contributed by atoms with E-state index in [1.807, 2.05) is 0 Å². The van der Waals surface area contributed by atoms with Gasteiger partial charge in [0.05, 0.1) is 0 Å². The van der Waals surface area contributed by atoms with Gasteiger partial charge in [-0.2, -0.15) is 11.8 Å². The van der Waals surface area contributed by atoms with Crippen LogP contribution < -0.4 is 5.73 Å². The van der Waals surface area contributed by atoms with E-state index in [0.29, 0.717) is 6.04 Å². The Labute approximate surface area is 73.5 Å². The molecule has 1 aliphatic heterocycles. The summed E-state index contributed by atoms with van der Waals surface area (Å²) in [6.45, 7) is 6.64. The number of thioether (sulfide) groups is 1. The molecule has 0 aromatic heterocycles. The van der Waals surface area contributed by atoms with E-state index in [-0.39, 0.29) is 0 Å². The molecule has 1 fully saturated rings. The first-order valence-corrected chi connectivity index (χ1v) is 5.43. The number of rotatable bonds is 2. The van der Waals surface area contributed by atoms with Crippen molar-refractivity contribution in [3.8, 4) is 0 Å². The molecule has 2 unspecified atom stereocenters. The van der Waals surface area contributed by atoms with Gasteiger partial charge < -0.3 is 5.73 Å². The fourth-order valence-electron chi connectivity index (χ4n) is 1.40. The molecule has 1 heterocycles. The Bertz CT molecular complexity index is 117. The fraction of sp³-hybridized carbons (Fsp3) is 1.00. The van der Waals surface area contributed by atoms with Crippen molar-refractivity contribution in [2.75, 3.05) is 24.6 Å². The minimum atomic E-state index is 0.320. The molecule has 0 aromatic rings. The Morgan fingerprint density at radius 2 is 2.45 bits per heavy atom. The van der Waals surface area contributed by atoms with Gasteiger partial charge in [0, 0.05) is 36.7 Å². The van der Waals surface area contributed by atoms with Crippen LogP contribution in [0.2, 0.25) is 0 Å². The molecule has 0 spiro atoms. The quantitative estimate of drug-likeness (QED) is 0.670. The second-order valence-corrected chi connectivity index (χ2v) is 4.55. The molecule has 1 rings (SSSR count). The highest BCUT2D eigenvalue weighted by molar-refractivity contribution is 7.99. The predicted octanol–water partition coefficient (Wildman–Crippen LogP) is 0.771. The van der Waals surface area contributed by atoms with E-state index in [1.54, 1.807) is 0 Å². The zero-order chi connectivity index (χ0) is 8.27. The van der Waals surface area contributed by atoms with E-state index in [4.69, 9.17) is 5.73 Å². The largest absolute Gasteiger partial charge is 0.327 e. The van der Waals surface area contributed by atoms with Crippen molar-refractivity contribution in [3.05, 3.63) is 0 Å². The predicted molar refractivity (Wildman–Crippen MR) is 52.0 cm³/mol. The molecule has 2 N–H and O–H groups in total. The van der Waals surface area contributed by atoms with Crippen molar-refractivity contribution in [2.45, 2.75) is 25.9 Å². The lowest BCUT2D eigenvalue weighted by Gasteiger charge is -2.33. The lowest BCUT2D eigenvalue weighted by Crippen LogP contribution is -2.45. The molecule has 0 bridgehead atoms. The van der Waals surface area contributed by atoms with Gasteiger partial charge >= 0.3 is 0 Å². The van der Waals surface area contributed by atoms with E-state index >= 15 is 0 Å². The summed E-state index contributed by atoms with van der Waals surface area (Å²) in [5.41, 5.74) is 5.74. The number of hydrogen-bond donors (Lipinski definition) is 1. The maximum atomic E-state index is 5.74. The third-order valence-corrected chi connectivity index (χ3v) is 3.22. The van der Waals surface area contributed by atoms with Crippen LogP contribution in [0.3, 0.4) is 0 Å². The number of nitrogens with zero attached hydrogens (tertiary/aromatic N) is 1. The molecule has 66 valence electrons. The van der Waals surface area contributed by atoms with E-state index < -0.39 is 0 Å². The molecule has 2 atom stereocenters. The van der Waals surface area contributed by atoms with E-state index in [2.05, 4.69) is 30.5 Å². The maximum absolute atomic E-state index is 5.74. The summed E-state index contributed by atoms with van der Waals surface area (Å²) < 4.78 is 0. The Balaban J connectivity index is 2.29. The first-order valence-electron chi connectivity index (χ1n) is 4.27. The summed E-state index contributed by atoms with van der Waals surface area (Å²) in [6.07, 6.45) is 0. The van der Waals surface area contributed by atoms with Crippen molar-refractivity contribution in [3.63, 3.8) is 0 Å². The first-order chi connectivity index (χ1) is 5.20. The molecule has 2 nitrogen and oxygen atoms in total. The molecule has 3 heteroatoms. The molecule has 0 radical (unpaired) electrons. The third kappa shape index (κ3) is 3.01. The average Bonchev–Trinajstić information content (AvgIpc) is 1.93. The monoisotopic (exact) mass is 174 g/mol. The summed E-state index contributed by atoms with van der Waals surface area (Å²) in [6, 6.07) is 1.04. The molecular weight excluding hydrogens is 156 g/mol. The van der Waals surface area contributed by atoms with Crippen LogP contribution in [-0.4, -0.2) is 41.6 Å². The minimum Gasteiger partial charge on any atom is -0.327 e. The van der Waals surface area contributed by atoms with Gasteiger partial charge in [0.25, 0.3) is 0 Å². The smallest absolute Gasteiger partial charge is 0.0159 e. The first kappa shape index (κ1) is 9.36. The van der Waals surface area contributed by atoms with E-state index in [0.717, 1.165) is 12.6 Å².